The fourth-order valence-electron chi connectivity index (χ4n) is 1.53. The molecule has 0 unspecified atom stereocenters. The second kappa shape index (κ2) is 5.27. The van der Waals surface area contributed by atoms with Crippen molar-refractivity contribution in [1.82, 2.24) is 5.16 Å². The average molecular weight is 300 g/mol. The van der Waals surface area contributed by atoms with E-state index < -0.39 is 29.5 Å². The number of aromatic carboxylic acids is 1. The topological polar surface area (TPSA) is 92.4 Å². The second-order valence-corrected chi connectivity index (χ2v) is 3.86. The van der Waals surface area contributed by atoms with Gasteiger partial charge in [0, 0.05) is 5.56 Å². The van der Waals surface area contributed by atoms with Crippen LogP contribution in [0.1, 0.15) is 10.6 Å². The second-order valence-electron chi connectivity index (χ2n) is 3.86. The van der Waals surface area contributed by atoms with Crippen LogP contribution in [0.3, 0.4) is 0 Å². The number of anilines is 1. The molecule has 0 saturated carbocycles. The molecule has 2 rings (SSSR count). The number of carboxylic acids is 1. The summed E-state index contributed by atoms with van der Waals surface area (Å²) in [6.07, 6.45) is -5.17. The van der Waals surface area contributed by atoms with Gasteiger partial charge in [-0.1, -0.05) is 35.5 Å². The van der Waals surface area contributed by atoms with Gasteiger partial charge in [-0.15, -0.1) is 0 Å². The maximum absolute atomic E-state index is 12.3. The van der Waals surface area contributed by atoms with Crippen LogP contribution in [0.5, 0.6) is 0 Å². The Morgan fingerprint density at radius 1 is 1.19 bits per heavy atom. The Hall–Kier alpha value is -2.84. The van der Waals surface area contributed by atoms with E-state index in [0.29, 0.717) is 5.56 Å². The summed E-state index contributed by atoms with van der Waals surface area (Å²) >= 11 is 0. The molecule has 0 spiro atoms. The van der Waals surface area contributed by atoms with Crippen molar-refractivity contribution in [3.8, 4) is 11.3 Å². The first-order chi connectivity index (χ1) is 9.80. The van der Waals surface area contributed by atoms with Gasteiger partial charge in [0.1, 0.15) is 11.4 Å². The van der Waals surface area contributed by atoms with Crippen LogP contribution in [0.4, 0.5) is 18.9 Å². The maximum Gasteiger partial charge on any atom is 0.471 e. The van der Waals surface area contributed by atoms with Gasteiger partial charge in [-0.25, -0.2) is 4.79 Å². The van der Waals surface area contributed by atoms with Gasteiger partial charge < -0.3 is 14.9 Å². The molecule has 2 aromatic rings. The van der Waals surface area contributed by atoms with Crippen LogP contribution < -0.4 is 5.32 Å². The fraction of sp³-hybridized carbons (Fsp3) is 0.0833. The van der Waals surface area contributed by atoms with E-state index in [4.69, 9.17) is 5.11 Å². The first-order valence-corrected chi connectivity index (χ1v) is 5.47. The molecule has 1 aromatic carbocycles. The molecule has 1 aromatic heterocycles. The molecule has 0 bridgehead atoms. The van der Waals surface area contributed by atoms with E-state index in [1.165, 1.54) is 17.4 Å². The molecule has 2 N–H and O–H groups in total. The fourth-order valence-corrected chi connectivity index (χ4v) is 1.53. The molecule has 21 heavy (non-hydrogen) atoms. The van der Waals surface area contributed by atoms with E-state index in [-0.39, 0.29) is 5.69 Å². The number of carboxylic acid groups (broad SMARTS) is 1. The summed E-state index contributed by atoms with van der Waals surface area (Å²) in [4.78, 5) is 21.9. The number of nitrogens with zero attached hydrogens (tertiary/aromatic N) is 1. The van der Waals surface area contributed by atoms with E-state index in [2.05, 4.69) is 9.68 Å². The number of rotatable bonds is 3. The van der Waals surface area contributed by atoms with Crippen molar-refractivity contribution in [3.05, 3.63) is 36.1 Å². The molecule has 6 nitrogen and oxygen atoms in total. The van der Waals surface area contributed by atoms with Gasteiger partial charge in [0.05, 0.1) is 0 Å². The quantitative estimate of drug-likeness (QED) is 0.908. The van der Waals surface area contributed by atoms with Crippen molar-refractivity contribution in [3.63, 3.8) is 0 Å². The third-order valence-electron chi connectivity index (χ3n) is 2.43. The van der Waals surface area contributed by atoms with Gasteiger partial charge in [-0.3, -0.25) is 4.79 Å². The van der Waals surface area contributed by atoms with E-state index in [1.54, 1.807) is 18.2 Å². The van der Waals surface area contributed by atoms with Crippen molar-refractivity contribution in [2.45, 2.75) is 6.18 Å². The summed E-state index contributed by atoms with van der Waals surface area (Å²) in [7, 11) is 0. The summed E-state index contributed by atoms with van der Waals surface area (Å²) in [5, 5.41) is 13.8. The maximum atomic E-state index is 12.3. The van der Waals surface area contributed by atoms with Gasteiger partial charge in [0.2, 0.25) is 0 Å². The number of halogens is 3. The number of hydrogen-bond donors (Lipinski definition) is 2. The number of aromatic nitrogens is 1. The average Bonchev–Trinajstić information content (AvgIpc) is 2.82. The van der Waals surface area contributed by atoms with Gasteiger partial charge in [0.15, 0.2) is 0 Å². The zero-order chi connectivity index (χ0) is 15.6. The molecule has 1 amide bonds. The Kier molecular flexibility index (Phi) is 3.66. The Morgan fingerprint density at radius 2 is 1.81 bits per heavy atom. The molecular formula is C12H7F3N2O4. The van der Waals surface area contributed by atoms with Gasteiger partial charge >= 0.3 is 18.1 Å². The minimum atomic E-state index is -5.17. The summed E-state index contributed by atoms with van der Waals surface area (Å²) in [6.45, 7) is 0. The van der Waals surface area contributed by atoms with Crippen LogP contribution in [0.2, 0.25) is 0 Å². The zero-order valence-electron chi connectivity index (χ0n) is 10.1. The Morgan fingerprint density at radius 3 is 2.33 bits per heavy atom. The molecule has 1 heterocycles. The first-order valence-electron chi connectivity index (χ1n) is 5.47. The molecule has 0 aliphatic heterocycles. The Labute approximate surface area is 115 Å². The van der Waals surface area contributed by atoms with E-state index in [0.717, 1.165) is 0 Å². The predicted molar refractivity (Wildman–Crippen MR) is 63.6 cm³/mol. The van der Waals surface area contributed by atoms with Crippen LogP contribution in [-0.4, -0.2) is 28.3 Å². The van der Waals surface area contributed by atoms with Gasteiger partial charge in [-0.2, -0.15) is 13.2 Å². The molecule has 0 aliphatic rings. The standard InChI is InChI=1S/C12H7F3N2O4/c13-12(14,15)11(20)16-8-7(6-4-2-1-3-5-6)17-21-9(8)10(18)19/h1-5H,(H,16,20)(H,18,19). The van der Waals surface area contributed by atoms with Crippen molar-refractivity contribution in [2.75, 3.05) is 5.32 Å². The summed E-state index contributed by atoms with van der Waals surface area (Å²) in [5.41, 5.74) is -0.548. The lowest BCUT2D eigenvalue weighted by Gasteiger charge is -2.08. The molecule has 0 saturated heterocycles. The molecule has 0 fully saturated rings. The smallest absolute Gasteiger partial charge is 0.471 e. The molecule has 110 valence electrons. The van der Waals surface area contributed by atoms with Crippen molar-refractivity contribution < 1.29 is 32.4 Å². The van der Waals surface area contributed by atoms with Crippen molar-refractivity contribution in [2.24, 2.45) is 0 Å². The number of amides is 1. The zero-order valence-corrected chi connectivity index (χ0v) is 10.1. The lowest BCUT2D eigenvalue weighted by Crippen LogP contribution is -2.30. The van der Waals surface area contributed by atoms with E-state index in [9.17, 15) is 22.8 Å². The van der Waals surface area contributed by atoms with Crippen LogP contribution >= 0.6 is 0 Å². The number of nitrogens with one attached hydrogen (secondary N) is 1. The van der Waals surface area contributed by atoms with Gasteiger partial charge in [-0.05, 0) is 0 Å². The number of hydrogen-bond acceptors (Lipinski definition) is 4. The van der Waals surface area contributed by atoms with Crippen molar-refractivity contribution in [1.29, 1.82) is 0 Å². The number of carbonyl (C=O) groups excluding carboxylic acids is 1. The molecule has 0 aliphatic carbocycles. The Balaban J connectivity index is 2.49. The highest BCUT2D eigenvalue weighted by Gasteiger charge is 2.40. The number of alkyl halides is 3. The minimum Gasteiger partial charge on any atom is -0.475 e. The molecule has 9 heteroatoms. The molecule has 0 atom stereocenters. The third kappa shape index (κ3) is 3.02. The largest absolute Gasteiger partial charge is 0.475 e. The number of carbonyl (C=O) groups is 2. The van der Waals surface area contributed by atoms with Gasteiger partial charge in [0.25, 0.3) is 5.76 Å². The highest BCUT2D eigenvalue weighted by atomic mass is 19.4. The minimum absolute atomic E-state index is 0.203. The third-order valence-corrected chi connectivity index (χ3v) is 2.43. The van der Waals surface area contributed by atoms with Crippen LogP contribution in [0, 0.1) is 0 Å². The van der Waals surface area contributed by atoms with Crippen molar-refractivity contribution >= 4 is 17.6 Å². The normalized spacial score (nSPS) is 11.2. The van der Waals surface area contributed by atoms with Crippen LogP contribution in [-0.2, 0) is 4.79 Å². The molecule has 0 radical (unpaired) electrons. The van der Waals surface area contributed by atoms with Crippen LogP contribution in [0.15, 0.2) is 34.9 Å². The lowest BCUT2D eigenvalue weighted by atomic mass is 10.1. The highest BCUT2D eigenvalue weighted by molar-refractivity contribution is 6.04. The first kappa shape index (κ1) is 14.6. The lowest BCUT2D eigenvalue weighted by molar-refractivity contribution is -0.167. The summed E-state index contributed by atoms with van der Waals surface area (Å²) < 4.78 is 41.4. The van der Waals surface area contributed by atoms with E-state index in [1.807, 2.05) is 0 Å². The Bertz CT molecular complexity index is 680. The monoisotopic (exact) mass is 300 g/mol. The summed E-state index contributed by atoms with van der Waals surface area (Å²) in [5.74, 6) is -4.85. The SMILES string of the molecule is O=C(O)c1onc(-c2ccccc2)c1NC(=O)C(F)(F)F. The number of benzene rings is 1. The predicted octanol–water partition coefficient (Wildman–Crippen LogP) is 2.54. The highest BCUT2D eigenvalue weighted by Crippen LogP contribution is 2.31. The van der Waals surface area contributed by atoms with E-state index >= 15 is 0 Å². The molecular weight excluding hydrogens is 293 g/mol. The van der Waals surface area contributed by atoms with Crippen LogP contribution in [0.25, 0.3) is 11.3 Å². The summed E-state index contributed by atoms with van der Waals surface area (Å²) in [6, 6.07) is 7.74.